The Morgan fingerprint density at radius 3 is 2.90 bits per heavy atom. The number of aryl methyl sites for hydroxylation is 1. The zero-order valence-corrected chi connectivity index (χ0v) is 10.5. The summed E-state index contributed by atoms with van der Waals surface area (Å²) in [7, 11) is 1.72. The van der Waals surface area contributed by atoms with Crippen molar-refractivity contribution in [3.63, 3.8) is 0 Å². The molecule has 0 aliphatic heterocycles. The van der Waals surface area contributed by atoms with Crippen LogP contribution in [-0.2, 0) is 13.6 Å². The molecule has 0 spiro atoms. The molecule has 1 aromatic carbocycles. The fourth-order valence-electron chi connectivity index (χ4n) is 1.69. The summed E-state index contributed by atoms with van der Waals surface area (Å²) in [5.41, 5.74) is -0.00566. The molecule has 2 rings (SSSR count). The number of halogens is 1. The third kappa shape index (κ3) is 2.97. The second-order valence-corrected chi connectivity index (χ2v) is 4.12. The van der Waals surface area contributed by atoms with Crippen molar-refractivity contribution in [2.24, 2.45) is 7.05 Å². The van der Waals surface area contributed by atoms with Gasteiger partial charge in [0.25, 0.3) is 11.6 Å². The summed E-state index contributed by atoms with van der Waals surface area (Å²) in [6.45, 7) is 0.153. The maximum absolute atomic E-state index is 13.1. The number of carbonyl (C=O) groups is 1. The van der Waals surface area contributed by atoms with Crippen molar-refractivity contribution < 1.29 is 14.1 Å². The molecule has 0 radical (unpaired) electrons. The van der Waals surface area contributed by atoms with Crippen LogP contribution >= 0.6 is 0 Å². The highest BCUT2D eigenvalue weighted by Crippen LogP contribution is 2.19. The van der Waals surface area contributed by atoms with Gasteiger partial charge in [-0.05, 0) is 12.1 Å². The Hall–Kier alpha value is -2.77. The number of carbonyl (C=O) groups excluding carboxylic acids is 1. The van der Waals surface area contributed by atoms with Gasteiger partial charge in [-0.2, -0.15) is 5.10 Å². The highest BCUT2D eigenvalue weighted by molar-refractivity contribution is 5.98. The normalized spacial score (nSPS) is 10.3. The molecule has 20 heavy (non-hydrogen) atoms. The number of benzene rings is 1. The highest BCUT2D eigenvalue weighted by Gasteiger charge is 2.20. The van der Waals surface area contributed by atoms with Crippen molar-refractivity contribution in [1.82, 2.24) is 15.1 Å². The number of nitro benzene ring substituents is 1. The second kappa shape index (κ2) is 5.47. The Morgan fingerprint density at radius 2 is 2.30 bits per heavy atom. The number of nitro groups is 1. The predicted molar refractivity (Wildman–Crippen MR) is 67.4 cm³/mol. The fraction of sp³-hybridized carbons (Fsp3) is 0.167. The first-order chi connectivity index (χ1) is 9.47. The second-order valence-electron chi connectivity index (χ2n) is 4.12. The third-order valence-corrected chi connectivity index (χ3v) is 2.61. The molecule has 0 bridgehead atoms. The lowest BCUT2D eigenvalue weighted by Gasteiger charge is -2.04. The molecule has 1 N–H and O–H groups in total. The molecule has 0 fully saturated rings. The van der Waals surface area contributed by atoms with E-state index >= 15 is 0 Å². The van der Waals surface area contributed by atoms with E-state index in [1.165, 1.54) is 0 Å². The molecule has 0 aliphatic carbocycles. The number of hydrogen-bond donors (Lipinski definition) is 1. The predicted octanol–water partition coefficient (Wildman–Crippen LogP) is 1.40. The maximum Gasteiger partial charge on any atom is 0.282 e. The molecule has 104 valence electrons. The van der Waals surface area contributed by atoms with Gasteiger partial charge in [0.05, 0.1) is 11.1 Å². The first-order valence-corrected chi connectivity index (χ1v) is 5.67. The first-order valence-electron chi connectivity index (χ1n) is 5.67. The molecule has 7 nitrogen and oxygen atoms in total. The molecule has 0 saturated carbocycles. The molecule has 1 aromatic heterocycles. The van der Waals surface area contributed by atoms with E-state index in [-0.39, 0.29) is 12.1 Å². The Bertz CT molecular complexity index is 668. The van der Waals surface area contributed by atoms with Crippen LogP contribution in [0.15, 0.2) is 30.6 Å². The number of amides is 1. The van der Waals surface area contributed by atoms with Crippen molar-refractivity contribution in [3.05, 3.63) is 57.7 Å². The van der Waals surface area contributed by atoms with Crippen LogP contribution in [0.2, 0.25) is 0 Å². The molecular formula is C12H11FN4O3. The smallest absolute Gasteiger partial charge is 0.282 e. The Morgan fingerprint density at radius 1 is 1.55 bits per heavy atom. The summed E-state index contributed by atoms with van der Waals surface area (Å²) in [6.07, 6.45) is 3.25. The van der Waals surface area contributed by atoms with Gasteiger partial charge in [0.15, 0.2) is 0 Å². The first kappa shape index (κ1) is 13.7. The van der Waals surface area contributed by atoms with Gasteiger partial charge in [0.2, 0.25) is 0 Å². The van der Waals surface area contributed by atoms with Crippen molar-refractivity contribution in [2.75, 3.05) is 0 Å². The molecule has 0 saturated heterocycles. The third-order valence-electron chi connectivity index (χ3n) is 2.61. The van der Waals surface area contributed by atoms with E-state index in [2.05, 4.69) is 10.4 Å². The summed E-state index contributed by atoms with van der Waals surface area (Å²) < 4.78 is 14.7. The summed E-state index contributed by atoms with van der Waals surface area (Å²) in [5, 5.41) is 17.2. The van der Waals surface area contributed by atoms with E-state index in [1.54, 1.807) is 24.1 Å². The topological polar surface area (TPSA) is 90.1 Å². The molecule has 2 aromatic rings. The standard InChI is InChI=1S/C12H11FN4O3/c1-16-7-8(6-15-16)5-14-12(18)10-4-9(13)2-3-11(10)17(19)20/h2-4,6-7H,5H2,1H3,(H,14,18). The van der Waals surface area contributed by atoms with Crippen molar-refractivity contribution in [2.45, 2.75) is 6.54 Å². The van der Waals surface area contributed by atoms with Crippen LogP contribution in [0, 0.1) is 15.9 Å². The molecule has 8 heteroatoms. The van der Waals surface area contributed by atoms with E-state index in [4.69, 9.17) is 0 Å². The van der Waals surface area contributed by atoms with Crippen LogP contribution in [0.5, 0.6) is 0 Å². The SMILES string of the molecule is Cn1cc(CNC(=O)c2cc(F)ccc2[N+](=O)[O-])cn1. The minimum Gasteiger partial charge on any atom is -0.348 e. The minimum atomic E-state index is -0.724. The minimum absolute atomic E-state index is 0.153. The average molecular weight is 278 g/mol. The largest absolute Gasteiger partial charge is 0.348 e. The lowest BCUT2D eigenvalue weighted by molar-refractivity contribution is -0.385. The van der Waals surface area contributed by atoms with E-state index in [9.17, 15) is 19.3 Å². The van der Waals surface area contributed by atoms with Crippen LogP contribution in [0.25, 0.3) is 0 Å². The van der Waals surface area contributed by atoms with Gasteiger partial charge in [-0.3, -0.25) is 19.6 Å². The highest BCUT2D eigenvalue weighted by atomic mass is 19.1. The van der Waals surface area contributed by atoms with E-state index < -0.39 is 22.3 Å². The molecule has 0 aliphatic rings. The quantitative estimate of drug-likeness (QED) is 0.676. The Kier molecular flexibility index (Phi) is 3.74. The molecule has 0 atom stereocenters. The number of aromatic nitrogens is 2. The van der Waals surface area contributed by atoms with Gasteiger partial charge in [-0.15, -0.1) is 0 Å². The Labute approximate surface area is 113 Å². The lowest BCUT2D eigenvalue weighted by atomic mass is 10.1. The van der Waals surface area contributed by atoms with Crippen LogP contribution in [0.3, 0.4) is 0 Å². The van der Waals surface area contributed by atoms with Gasteiger partial charge in [0.1, 0.15) is 11.4 Å². The van der Waals surface area contributed by atoms with Crippen LogP contribution in [0.4, 0.5) is 10.1 Å². The van der Waals surface area contributed by atoms with Crippen molar-refractivity contribution >= 4 is 11.6 Å². The zero-order valence-electron chi connectivity index (χ0n) is 10.5. The monoisotopic (exact) mass is 278 g/mol. The van der Waals surface area contributed by atoms with Crippen LogP contribution < -0.4 is 5.32 Å². The van der Waals surface area contributed by atoms with Crippen molar-refractivity contribution in [1.29, 1.82) is 0 Å². The van der Waals surface area contributed by atoms with E-state index in [1.807, 2.05) is 0 Å². The van der Waals surface area contributed by atoms with Crippen LogP contribution in [-0.4, -0.2) is 20.6 Å². The van der Waals surface area contributed by atoms with Gasteiger partial charge < -0.3 is 5.32 Å². The summed E-state index contributed by atoms with van der Waals surface area (Å²) >= 11 is 0. The lowest BCUT2D eigenvalue weighted by Crippen LogP contribution is -2.23. The molecular weight excluding hydrogens is 267 g/mol. The van der Waals surface area contributed by atoms with Crippen molar-refractivity contribution in [3.8, 4) is 0 Å². The average Bonchev–Trinajstić information content (AvgIpc) is 2.81. The molecule has 1 heterocycles. The van der Waals surface area contributed by atoms with E-state index in [0.29, 0.717) is 0 Å². The molecule has 1 amide bonds. The van der Waals surface area contributed by atoms with Crippen LogP contribution in [0.1, 0.15) is 15.9 Å². The molecule has 0 unspecified atom stereocenters. The zero-order chi connectivity index (χ0) is 14.7. The summed E-state index contributed by atoms with van der Waals surface area (Å²) in [6, 6.07) is 2.75. The summed E-state index contributed by atoms with van der Waals surface area (Å²) in [5.74, 6) is -1.41. The number of nitrogens with zero attached hydrogens (tertiary/aromatic N) is 3. The number of hydrogen-bond acceptors (Lipinski definition) is 4. The summed E-state index contributed by atoms with van der Waals surface area (Å²) in [4.78, 5) is 22.0. The number of nitrogens with one attached hydrogen (secondary N) is 1. The van der Waals surface area contributed by atoms with Gasteiger partial charge in [-0.1, -0.05) is 0 Å². The van der Waals surface area contributed by atoms with Gasteiger partial charge in [-0.25, -0.2) is 4.39 Å². The fourth-order valence-corrected chi connectivity index (χ4v) is 1.69. The Balaban J connectivity index is 2.16. The van der Waals surface area contributed by atoms with Gasteiger partial charge in [0, 0.05) is 31.4 Å². The maximum atomic E-state index is 13.1. The number of rotatable bonds is 4. The van der Waals surface area contributed by atoms with Gasteiger partial charge >= 0.3 is 0 Å². The van der Waals surface area contributed by atoms with E-state index in [0.717, 1.165) is 23.8 Å².